The monoisotopic (exact) mass is 312 g/mol. The first-order valence-corrected chi connectivity index (χ1v) is 8.57. The molecule has 0 atom stereocenters. The van der Waals surface area contributed by atoms with E-state index in [4.69, 9.17) is 0 Å². The molecule has 0 unspecified atom stereocenters. The Morgan fingerprint density at radius 3 is 2.86 bits per heavy atom. The minimum Gasteiger partial charge on any atom is -0.268 e. The molecule has 2 aliphatic heterocycles. The predicted octanol–water partition coefficient (Wildman–Crippen LogP) is 3.74. The van der Waals surface area contributed by atoms with Crippen molar-refractivity contribution < 1.29 is 4.79 Å². The minimum atomic E-state index is 0.0257. The lowest BCUT2D eigenvalue weighted by atomic mass is 10.1. The summed E-state index contributed by atoms with van der Waals surface area (Å²) in [4.78, 5) is 20.2. The molecule has 0 saturated heterocycles. The highest BCUT2D eigenvalue weighted by Crippen LogP contribution is 2.40. The molecule has 0 saturated carbocycles. The molecule has 1 amide bonds. The molecule has 4 rings (SSSR count). The standard InChI is InChI=1S/C16H12N2OS2/c19-15-13(10-11-4-3-8-20-11)12-5-1-2-6-14(12)18(15)16-17-7-9-21-16/h1-6,8,10H,7,9H2. The molecule has 3 heterocycles. The third kappa shape index (κ3) is 2.13. The van der Waals surface area contributed by atoms with E-state index >= 15 is 0 Å². The maximum absolute atomic E-state index is 12.8. The summed E-state index contributed by atoms with van der Waals surface area (Å²) in [6.45, 7) is 0.788. The van der Waals surface area contributed by atoms with Crippen LogP contribution in [-0.2, 0) is 4.79 Å². The summed E-state index contributed by atoms with van der Waals surface area (Å²) in [6.07, 6.45) is 1.98. The van der Waals surface area contributed by atoms with Crippen molar-refractivity contribution in [3.63, 3.8) is 0 Å². The van der Waals surface area contributed by atoms with Crippen LogP contribution in [0.4, 0.5) is 5.69 Å². The van der Waals surface area contributed by atoms with E-state index in [2.05, 4.69) is 4.99 Å². The molecule has 0 N–H and O–H groups in total. The smallest absolute Gasteiger partial charge is 0.265 e. The first-order valence-electron chi connectivity index (χ1n) is 6.71. The van der Waals surface area contributed by atoms with Crippen LogP contribution in [0.25, 0.3) is 11.6 Å². The Hall–Kier alpha value is -1.85. The molecule has 0 radical (unpaired) electrons. The normalized spacial score (nSPS) is 19.2. The third-order valence-corrected chi connectivity index (χ3v) is 5.24. The molecule has 104 valence electrons. The summed E-state index contributed by atoms with van der Waals surface area (Å²) in [5, 5.41) is 2.84. The maximum Gasteiger partial charge on any atom is 0.265 e. The maximum atomic E-state index is 12.8. The molecule has 2 aliphatic rings. The number of carbonyl (C=O) groups excluding carboxylic acids is 1. The van der Waals surface area contributed by atoms with Crippen LogP contribution in [0.5, 0.6) is 0 Å². The zero-order valence-corrected chi connectivity index (χ0v) is 12.8. The quantitative estimate of drug-likeness (QED) is 0.752. The third-order valence-electron chi connectivity index (χ3n) is 3.46. The second-order valence-electron chi connectivity index (χ2n) is 4.74. The number of hydrogen-bond donors (Lipinski definition) is 0. The second kappa shape index (κ2) is 5.16. The van der Waals surface area contributed by atoms with Crippen molar-refractivity contribution in [2.45, 2.75) is 0 Å². The van der Waals surface area contributed by atoms with Crippen molar-refractivity contribution in [3.8, 4) is 0 Å². The lowest BCUT2D eigenvalue weighted by molar-refractivity contribution is -0.112. The number of benzene rings is 1. The number of hydrogen-bond acceptors (Lipinski definition) is 4. The summed E-state index contributed by atoms with van der Waals surface area (Å²) >= 11 is 3.28. The van der Waals surface area contributed by atoms with E-state index in [1.165, 1.54) is 0 Å². The van der Waals surface area contributed by atoms with Gasteiger partial charge in [-0.2, -0.15) is 0 Å². The molecule has 1 aromatic heterocycles. The van der Waals surface area contributed by atoms with Gasteiger partial charge in [-0.3, -0.25) is 14.7 Å². The Morgan fingerprint density at radius 1 is 1.19 bits per heavy atom. The van der Waals surface area contributed by atoms with E-state index in [9.17, 15) is 4.79 Å². The molecule has 0 fully saturated rings. The number of aliphatic imine (C=N–C) groups is 1. The summed E-state index contributed by atoms with van der Waals surface area (Å²) in [6, 6.07) is 12.0. The van der Waals surface area contributed by atoms with Crippen molar-refractivity contribution in [1.29, 1.82) is 0 Å². The number of carbonyl (C=O) groups is 1. The Bertz CT molecular complexity index is 762. The number of anilines is 1. The number of fused-ring (bicyclic) bond motifs is 1. The fraction of sp³-hybridized carbons (Fsp3) is 0.125. The van der Waals surface area contributed by atoms with Crippen molar-refractivity contribution in [1.82, 2.24) is 0 Å². The Kier molecular flexibility index (Phi) is 3.16. The van der Waals surface area contributed by atoms with Gasteiger partial charge in [-0.15, -0.1) is 11.3 Å². The minimum absolute atomic E-state index is 0.0257. The van der Waals surface area contributed by atoms with Gasteiger partial charge < -0.3 is 0 Å². The van der Waals surface area contributed by atoms with E-state index in [0.717, 1.165) is 39.2 Å². The number of thiophene rings is 1. The van der Waals surface area contributed by atoms with Crippen molar-refractivity contribution in [2.75, 3.05) is 17.2 Å². The van der Waals surface area contributed by atoms with Gasteiger partial charge in [0, 0.05) is 16.2 Å². The lowest BCUT2D eigenvalue weighted by Crippen LogP contribution is -2.30. The zero-order valence-electron chi connectivity index (χ0n) is 11.2. The molecule has 0 spiro atoms. The lowest BCUT2D eigenvalue weighted by Gasteiger charge is -2.15. The van der Waals surface area contributed by atoms with Crippen LogP contribution in [0, 0.1) is 0 Å². The van der Waals surface area contributed by atoms with E-state index in [0.29, 0.717) is 0 Å². The molecule has 5 heteroatoms. The molecule has 0 aliphatic carbocycles. The van der Waals surface area contributed by atoms with Gasteiger partial charge in [-0.25, -0.2) is 0 Å². The Labute approximate surface area is 131 Å². The highest BCUT2D eigenvalue weighted by molar-refractivity contribution is 8.14. The van der Waals surface area contributed by atoms with Crippen LogP contribution in [0.15, 0.2) is 46.8 Å². The van der Waals surface area contributed by atoms with Crippen LogP contribution in [0.3, 0.4) is 0 Å². The van der Waals surface area contributed by atoms with E-state index < -0.39 is 0 Å². The fourth-order valence-electron chi connectivity index (χ4n) is 2.55. The SMILES string of the molecule is O=C1C(=Cc2cccs2)c2ccccc2N1C1=NCCS1. The number of amides is 1. The number of amidine groups is 1. The summed E-state index contributed by atoms with van der Waals surface area (Å²) < 4.78 is 0. The van der Waals surface area contributed by atoms with Crippen molar-refractivity contribution >= 4 is 51.5 Å². The fourth-order valence-corrected chi connectivity index (χ4v) is 4.06. The predicted molar refractivity (Wildman–Crippen MR) is 90.9 cm³/mol. The van der Waals surface area contributed by atoms with Gasteiger partial charge in [-0.1, -0.05) is 36.0 Å². The largest absolute Gasteiger partial charge is 0.268 e. The van der Waals surface area contributed by atoms with Gasteiger partial charge >= 0.3 is 0 Å². The first-order chi connectivity index (χ1) is 10.3. The van der Waals surface area contributed by atoms with Crippen molar-refractivity contribution in [3.05, 3.63) is 52.2 Å². The molecule has 2 aromatic rings. The topological polar surface area (TPSA) is 32.7 Å². The van der Waals surface area contributed by atoms with Gasteiger partial charge in [0.25, 0.3) is 5.91 Å². The van der Waals surface area contributed by atoms with Crippen LogP contribution in [0.1, 0.15) is 10.4 Å². The average Bonchev–Trinajstić information content (AvgIpc) is 3.22. The second-order valence-corrected chi connectivity index (χ2v) is 6.79. The molecule has 1 aromatic carbocycles. The first kappa shape index (κ1) is 12.9. The summed E-state index contributed by atoms with van der Waals surface area (Å²) in [7, 11) is 0. The summed E-state index contributed by atoms with van der Waals surface area (Å²) in [5.74, 6) is 0.975. The number of thioether (sulfide) groups is 1. The Morgan fingerprint density at radius 2 is 2.10 bits per heavy atom. The van der Waals surface area contributed by atoms with Crippen molar-refractivity contribution in [2.24, 2.45) is 4.99 Å². The van der Waals surface area contributed by atoms with Gasteiger partial charge in [0.15, 0.2) is 5.17 Å². The average molecular weight is 312 g/mol. The van der Waals surface area contributed by atoms with Crippen LogP contribution >= 0.6 is 23.1 Å². The number of nitrogens with zero attached hydrogens (tertiary/aromatic N) is 2. The van der Waals surface area contributed by atoms with Gasteiger partial charge in [0.1, 0.15) is 0 Å². The molecule has 0 bridgehead atoms. The van der Waals surface area contributed by atoms with Gasteiger partial charge in [0.2, 0.25) is 0 Å². The Balaban J connectivity index is 1.85. The van der Waals surface area contributed by atoms with Gasteiger partial charge in [-0.05, 0) is 23.6 Å². The van der Waals surface area contributed by atoms with Crippen LogP contribution < -0.4 is 4.90 Å². The number of para-hydroxylation sites is 1. The molecule has 21 heavy (non-hydrogen) atoms. The van der Waals surface area contributed by atoms with E-state index in [-0.39, 0.29) is 5.91 Å². The molecule has 3 nitrogen and oxygen atoms in total. The zero-order chi connectivity index (χ0) is 14.2. The van der Waals surface area contributed by atoms with Gasteiger partial charge in [0.05, 0.1) is 17.8 Å². The molecular weight excluding hydrogens is 300 g/mol. The summed E-state index contributed by atoms with van der Waals surface area (Å²) in [5.41, 5.74) is 2.69. The van der Waals surface area contributed by atoms with Crippen LogP contribution in [-0.4, -0.2) is 23.4 Å². The van der Waals surface area contributed by atoms with E-state index in [1.807, 2.05) is 47.9 Å². The van der Waals surface area contributed by atoms with E-state index in [1.54, 1.807) is 28.0 Å². The van der Waals surface area contributed by atoms with Crippen LogP contribution in [0.2, 0.25) is 0 Å². The molecular formula is C16H12N2OS2. The highest BCUT2D eigenvalue weighted by atomic mass is 32.2. The number of rotatable bonds is 1. The highest BCUT2D eigenvalue weighted by Gasteiger charge is 2.36.